The Labute approximate surface area is 145 Å². The number of ether oxygens (including phenoxy) is 1. The molecule has 0 bridgehead atoms. The molecule has 26 heavy (non-hydrogen) atoms. The van der Waals surface area contributed by atoms with Gasteiger partial charge in [-0.25, -0.2) is 0 Å². The van der Waals surface area contributed by atoms with E-state index in [0.29, 0.717) is 0 Å². The zero-order valence-corrected chi connectivity index (χ0v) is 13.3. The van der Waals surface area contributed by atoms with E-state index in [1.807, 2.05) is 0 Å². The molecule has 1 heterocycles. The first-order valence-corrected chi connectivity index (χ1v) is 6.65. The number of phenols is 5. The molecule has 0 aliphatic heterocycles. The second-order valence-electron chi connectivity index (χ2n) is 4.99. The van der Waals surface area contributed by atoms with Crippen LogP contribution in [0.2, 0.25) is 0 Å². The van der Waals surface area contributed by atoms with Crippen LogP contribution in [0.25, 0.3) is 22.3 Å². The fourth-order valence-corrected chi connectivity index (χ4v) is 2.38. The summed E-state index contributed by atoms with van der Waals surface area (Å²) in [6.07, 6.45) is 0. The molecule has 0 amide bonds. The Morgan fingerprint density at radius 1 is 0.885 bits per heavy atom. The first-order chi connectivity index (χ1) is 11.3. The average molecular weight is 368 g/mol. The summed E-state index contributed by atoms with van der Waals surface area (Å²) in [5, 5.41) is 47.9. The molecule has 1 aromatic heterocycles. The van der Waals surface area contributed by atoms with Crippen LogP contribution in [0.1, 0.15) is 0 Å². The van der Waals surface area contributed by atoms with E-state index in [2.05, 4.69) is 0 Å². The van der Waals surface area contributed by atoms with Crippen molar-refractivity contribution in [2.45, 2.75) is 0 Å². The number of hydrogen-bond donors (Lipinski definition) is 5. The van der Waals surface area contributed by atoms with Gasteiger partial charge in [-0.2, -0.15) is 0 Å². The number of rotatable bonds is 2. The maximum Gasteiger partial charge on any atom is 0.239 e. The Morgan fingerprint density at radius 2 is 1.46 bits per heavy atom. The van der Waals surface area contributed by atoms with Gasteiger partial charge in [-0.1, -0.05) is 0 Å². The summed E-state index contributed by atoms with van der Waals surface area (Å²) in [5.74, 6) is -3.24. The van der Waals surface area contributed by atoms with Crippen molar-refractivity contribution < 1.29 is 45.6 Å². The van der Waals surface area contributed by atoms with Crippen molar-refractivity contribution in [3.05, 3.63) is 34.5 Å². The lowest BCUT2D eigenvalue weighted by atomic mass is 10.1. The first kappa shape index (κ1) is 20.4. The van der Waals surface area contributed by atoms with Crippen molar-refractivity contribution in [1.29, 1.82) is 0 Å². The third-order valence-electron chi connectivity index (χ3n) is 3.45. The van der Waals surface area contributed by atoms with Crippen LogP contribution in [-0.2, 0) is 0 Å². The Balaban J connectivity index is 0.00000169. The van der Waals surface area contributed by atoms with E-state index >= 15 is 0 Å². The van der Waals surface area contributed by atoms with Crippen LogP contribution in [0.5, 0.6) is 34.5 Å². The highest BCUT2D eigenvalue weighted by molar-refractivity contribution is 5.88. The van der Waals surface area contributed by atoms with Crippen LogP contribution in [0.15, 0.2) is 33.5 Å². The minimum atomic E-state index is -0.726. The zero-order valence-electron chi connectivity index (χ0n) is 13.3. The zero-order chi connectivity index (χ0) is 17.6. The highest BCUT2D eigenvalue weighted by Crippen LogP contribution is 2.42. The highest BCUT2D eigenvalue weighted by Gasteiger charge is 2.21. The van der Waals surface area contributed by atoms with Gasteiger partial charge in [-0.3, -0.25) is 4.79 Å². The van der Waals surface area contributed by atoms with Crippen LogP contribution < -0.4 is 10.2 Å². The predicted molar refractivity (Wildman–Crippen MR) is 90.0 cm³/mol. The normalized spacial score (nSPS) is 10.0. The Hall–Kier alpha value is -3.63. The van der Waals surface area contributed by atoms with E-state index < -0.39 is 28.4 Å². The molecule has 3 rings (SSSR count). The van der Waals surface area contributed by atoms with Gasteiger partial charge in [0.05, 0.1) is 7.11 Å². The molecule has 9 N–H and O–H groups in total. The Bertz CT molecular complexity index is 999. The van der Waals surface area contributed by atoms with E-state index in [0.717, 1.165) is 24.3 Å². The molecule has 10 nitrogen and oxygen atoms in total. The fourth-order valence-electron chi connectivity index (χ4n) is 2.38. The van der Waals surface area contributed by atoms with Crippen LogP contribution in [0, 0.1) is 0 Å². The summed E-state index contributed by atoms with van der Waals surface area (Å²) in [6, 6.07) is 4.23. The lowest BCUT2D eigenvalue weighted by Gasteiger charge is -2.11. The fraction of sp³-hybridized carbons (Fsp3) is 0.0625. The number of hydrogen-bond acceptors (Lipinski definition) is 8. The van der Waals surface area contributed by atoms with Crippen LogP contribution >= 0.6 is 0 Å². The Morgan fingerprint density at radius 3 is 2.00 bits per heavy atom. The summed E-state index contributed by atoms with van der Waals surface area (Å²) >= 11 is 0. The largest absolute Gasteiger partial charge is 0.508 e. The second-order valence-corrected chi connectivity index (χ2v) is 4.99. The smallest absolute Gasteiger partial charge is 0.239 e. The molecule has 0 radical (unpaired) electrons. The SMILES string of the molecule is COc1c(-c2cc(O)c(O)c(O)c2)oc2cc(O)cc(O)c2c1=O.O.O. The standard InChI is InChI=1S/C16H12O8.2H2O/c1-23-16-14(22)12-8(18)4-7(17)5-11(12)24-15(16)6-2-9(19)13(21)10(20)3-6;;/h2-5,17-21H,1H3;2*1H2. The van der Waals surface area contributed by atoms with Crippen molar-refractivity contribution in [1.82, 2.24) is 0 Å². The van der Waals surface area contributed by atoms with Crippen molar-refractivity contribution in [2.24, 2.45) is 0 Å². The van der Waals surface area contributed by atoms with Crippen LogP contribution in [0.3, 0.4) is 0 Å². The summed E-state index contributed by atoms with van der Waals surface area (Å²) in [5.41, 5.74) is -0.792. The maximum absolute atomic E-state index is 12.5. The van der Waals surface area contributed by atoms with Gasteiger partial charge in [0.1, 0.15) is 22.5 Å². The van der Waals surface area contributed by atoms with Gasteiger partial charge in [0.15, 0.2) is 23.0 Å². The molecule has 0 fully saturated rings. The molecule has 0 saturated carbocycles. The molecule has 0 unspecified atom stereocenters. The van der Waals surface area contributed by atoms with Gasteiger partial charge in [0.25, 0.3) is 0 Å². The summed E-state index contributed by atoms with van der Waals surface area (Å²) in [6.45, 7) is 0. The minimum absolute atomic E-state index is 0. The summed E-state index contributed by atoms with van der Waals surface area (Å²) in [7, 11) is 1.21. The molecule has 0 aliphatic rings. The van der Waals surface area contributed by atoms with Crippen LogP contribution in [0.4, 0.5) is 0 Å². The minimum Gasteiger partial charge on any atom is -0.508 e. The van der Waals surface area contributed by atoms with E-state index in [1.165, 1.54) is 7.11 Å². The van der Waals surface area contributed by atoms with E-state index in [9.17, 15) is 30.3 Å². The molecule has 0 saturated heterocycles. The van der Waals surface area contributed by atoms with Crippen molar-refractivity contribution in [3.63, 3.8) is 0 Å². The van der Waals surface area contributed by atoms with Gasteiger partial charge in [-0.05, 0) is 12.1 Å². The molecular weight excluding hydrogens is 352 g/mol. The summed E-state index contributed by atoms with van der Waals surface area (Å²) in [4.78, 5) is 12.5. The molecular formula is C16H16O10. The number of methoxy groups -OCH3 is 1. The number of phenolic OH excluding ortho intramolecular Hbond substituents is 5. The molecule has 2 aromatic carbocycles. The second kappa shape index (κ2) is 7.09. The van der Waals surface area contributed by atoms with Crippen molar-refractivity contribution >= 4 is 11.0 Å². The van der Waals surface area contributed by atoms with E-state index in [1.54, 1.807) is 0 Å². The maximum atomic E-state index is 12.5. The van der Waals surface area contributed by atoms with E-state index in [4.69, 9.17) is 9.15 Å². The lowest BCUT2D eigenvalue weighted by Crippen LogP contribution is -2.07. The molecule has 3 aromatic rings. The van der Waals surface area contributed by atoms with Gasteiger partial charge < -0.3 is 45.6 Å². The monoisotopic (exact) mass is 368 g/mol. The number of aromatic hydroxyl groups is 5. The molecule has 140 valence electrons. The third kappa shape index (κ3) is 3.01. The highest BCUT2D eigenvalue weighted by atomic mass is 16.5. The van der Waals surface area contributed by atoms with E-state index in [-0.39, 0.29) is 44.7 Å². The van der Waals surface area contributed by atoms with Crippen molar-refractivity contribution in [2.75, 3.05) is 7.11 Å². The number of benzene rings is 2. The molecule has 10 heteroatoms. The topological polar surface area (TPSA) is 204 Å². The quantitative estimate of drug-likeness (QED) is 0.398. The van der Waals surface area contributed by atoms with Crippen LogP contribution in [-0.4, -0.2) is 43.6 Å². The van der Waals surface area contributed by atoms with Gasteiger partial charge in [0, 0.05) is 17.7 Å². The van der Waals surface area contributed by atoms with Gasteiger partial charge in [0.2, 0.25) is 11.2 Å². The first-order valence-electron chi connectivity index (χ1n) is 6.65. The Kier molecular flexibility index (Phi) is 5.57. The average Bonchev–Trinajstić information content (AvgIpc) is 2.51. The number of fused-ring (bicyclic) bond motifs is 1. The van der Waals surface area contributed by atoms with Gasteiger partial charge >= 0.3 is 0 Å². The molecule has 0 atom stereocenters. The third-order valence-corrected chi connectivity index (χ3v) is 3.45. The van der Waals surface area contributed by atoms with Crippen molar-refractivity contribution in [3.8, 4) is 45.8 Å². The summed E-state index contributed by atoms with van der Waals surface area (Å²) < 4.78 is 10.5. The predicted octanol–water partition coefficient (Wildman–Crippen LogP) is 0.347. The van der Waals surface area contributed by atoms with Gasteiger partial charge in [-0.15, -0.1) is 0 Å². The molecule has 0 spiro atoms. The lowest BCUT2D eigenvalue weighted by molar-refractivity contribution is 0.367. The molecule has 0 aliphatic carbocycles.